The van der Waals surface area contributed by atoms with Crippen LogP contribution in [0.4, 0.5) is 0 Å². The summed E-state index contributed by atoms with van der Waals surface area (Å²) < 4.78 is 0. The molecule has 1 fully saturated rings. The van der Waals surface area contributed by atoms with Crippen LogP contribution in [0.3, 0.4) is 0 Å². The average molecular weight is 217 g/mol. The van der Waals surface area contributed by atoms with Crippen molar-refractivity contribution in [2.75, 3.05) is 19.3 Å². The van der Waals surface area contributed by atoms with E-state index in [9.17, 15) is 9.59 Å². The molecule has 1 amide bonds. The number of amides is 1. The van der Waals surface area contributed by atoms with E-state index in [2.05, 4.69) is 0 Å². The molecule has 0 bridgehead atoms. The van der Waals surface area contributed by atoms with E-state index >= 15 is 0 Å². The Balaban J connectivity index is 2.58. The third-order valence-electron chi connectivity index (χ3n) is 2.43. The molecular formula is C9H15NO3S. The Morgan fingerprint density at radius 3 is 2.71 bits per heavy atom. The molecule has 5 heteroatoms. The first-order chi connectivity index (χ1) is 6.65. The number of likely N-dealkylation sites (tertiary alicyclic amines) is 1. The lowest BCUT2D eigenvalue weighted by Gasteiger charge is -2.21. The van der Waals surface area contributed by atoms with Gasteiger partial charge in [-0.15, -0.1) is 0 Å². The minimum Gasteiger partial charge on any atom is -0.474 e. The van der Waals surface area contributed by atoms with Crippen LogP contribution in [-0.2, 0) is 9.59 Å². The van der Waals surface area contributed by atoms with Gasteiger partial charge in [0.2, 0.25) is 0 Å². The summed E-state index contributed by atoms with van der Waals surface area (Å²) >= 11 is 1.71. The van der Waals surface area contributed by atoms with Crippen molar-refractivity contribution >= 4 is 23.6 Å². The van der Waals surface area contributed by atoms with Gasteiger partial charge in [0.05, 0.1) is 0 Å². The third kappa shape index (κ3) is 2.90. The van der Waals surface area contributed by atoms with Crippen LogP contribution in [0.15, 0.2) is 0 Å². The molecule has 80 valence electrons. The Hall–Kier alpha value is -0.710. The summed E-state index contributed by atoms with van der Waals surface area (Å²) in [5.41, 5.74) is 0. The number of thioether (sulfide) groups is 1. The Kier molecular flexibility index (Phi) is 4.25. The summed E-state index contributed by atoms with van der Waals surface area (Å²) in [4.78, 5) is 23.2. The number of carbonyl (C=O) groups is 2. The van der Waals surface area contributed by atoms with Crippen molar-refractivity contribution in [3.63, 3.8) is 0 Å². The molecule has 0 aromatic carbocycles. The molecule has 0 aromatic heterocycles. The van der Waals surface area contributed by atoms with Gasteiger partial charge in [0.15, 0.2) is 0 Å². The van der Waals surface area contributed by atoms with Crippen molar-refractivity contribution in [1.82, 2.24) is 4.90 Å². The zero-order valence-corrected chi connectivity index (χ0v) is 9.05. The van der Waals surface area contributed by atoms with Crippen molar-refractivity contribution < 1.29 is 14.7 Å². The molecule has 1 aliphatic rings. The van der Waals surface area contributed by atoms with Crippen molar-refractivity contribution in [2.24, 2.45) is 0 Å². The number of hydrogen-bond acceptors (Lipinski definition) is 3. The maximum absolute atomic E-state index is 11.2. The summed E-state index contributed by atoms with van der Waals surface area (Å²) in [6.45, 7) is 1.16. The molecule has 1 saturated heterocycles. The monoisotopic (exact) mass is 217 g/mol. The first-order valence-corrected chi connectivity index (χ1v) is 5.99. The smallest absolute Gasteiger partial charge is 0.394 e. The van der Waals surface area contributed by atoms with Crippen molar-refractivity contribution in [3.05, 3.63) is 0 Å². The molecule has 14 heavy (non-hydrogen) atoms. The van der Waals surface area contributed by atoms with E-state index in [1.54, 1.807) is 11.8 Å². The van der Waals surface area contributed by atoms with Crippen LogP contribution in [0.5, 0.6) is 0 Å². The minimum atomic E-state index is -1.34. The average Bonchev–Trinajstić information content (AvgIpc) is 2.41. The molecule has 0 saturated carbocycles. The molecule has 0 spiro atoms. The van der Waals surface area contributed by atoms with Gasteiger partial charge in [-0.05, 0) is 19.1 Å². The topological polar surface area (TPSA) is 57.6 Å². The molecule has 0 radical (unpaired) electrons. The molecule has 1 aliphatic heterocycles. The lowest BCUT2D eigenvalue weighted by atomic mass is 10.2. The number of aliphatic carboxylic acids is 1. The number of carbonyl (C=O) groups excluding carboxylic acids is 1. The second-order valence-electron chi connectivity index (χ2n) is 3.41. The van der Waals surface area contributed by atoms with Gasteiger partial charge >= 0.3 is 11.9 Å². The molecule has 0 aromatic rings. The zero-order valence-electron chi connectivity index (χ0n) is 8.23. The predicted molar refractivity (Wildman–Crippen MR) is 55.4 cm³/mol. The molecule has 0 aliphatic carbocycles. The van der Waals surface area contributed by atoms with E-state index in [1.165, 1.54) is 4.90 Å². The maximum Gasteiger partial charge on any atom is 0.394 e. The molecule has 1 unspecified atom stereocenters. The fraction of sp³-hybridized carbons (Fsp3) is 0.778. The normalized spacial score (nSPS) is 22.9. The highest BCUT2D eigenvalue weighted by Gasteiger charge is 2.25. The Morgan fingerprint density at radius 1 is 1.43 bits per heavy atom. The predicted octanol–water partition coefficient (Wildman–Crippen LogP) is 0.815. The number of nitrogens with zero attached hydrogens (tertiary/aromatic N) is 1. The molecule has 1 heterocycles. The molecule has 4 nitrogen and oxygen atoms in total. The summed E-state index contributed by atoms with van der Waals surface area (Å²) in [5, 5.41) is 8.98. The zero-order chi connectivity index (χ0) is 10.6. The Bertz CT molecular complexity index is 232. The van der Waals surface area contributed by atoms with E-state index in [0.29, 0.717) is 18.3 Å². The van der Waals surface area contributed by atoms with Crippen LogP contribution < -0.4 is 0 Å². The van der Waals surface area contributed by atoms with Gasteiger partial charge < -0.3 is 10.0 Å². The van der Waals surface area contributed by atoms with Crippen LogP contribution in [-0.4, -0.2) is 46.5 Å². The van der Waals surface area contributed by atoms with Gasteiger partial charge in [-0.2, -0.15) is 11.8 Å². The van der Waals surface area contributed by atoms with Crippen molar-refractivity contribution in [1.29, 1.82) is 0 Å². The first kappa shape index (κ1) is 11.4. The van der Waals surface area contributed by atoms with Gasteiger partial charge in [-0.25, -0.2) is 4.79 Å². The molecule has 1 atom stereocenters. The van der Waals surface area contributed by atoms with E-state index in [1.807, 2.05) is 6.26 Å². The van der Waals surface area contributed by atoms with Gasteiger partial charge in [0.25, 0.3) is 0 Å². The van der Waals surface area contributed by atoms with Crippen LogP contribution in [0, 0.1) is 0 Å². The fourth-order valence-electron chi connectivity index (χ4n) is 1.62. The van der Waals surface area contributed by atoms with Gasteiger partial charge in [-0.1, -0.05) is 6.42 Å². The minimum absolute atomic E-state index is 0.390. The SMILES string of the molecule is CSC1CCCCN(C(=O)C(=O)O)C1. The highest BCUT2D eigenvalue weighted by atomic mass is 32.2. The molecule has 1 rings (SSSR count). The number of rotatable bonds is 1. The van der Waals surface area contributed by atoms with E-state index in [4.69, 9.17) is 5.11 Å². The highest BCUT2D eigenvalue weighted by Crippen LogP contribution is 2.19. The van der Waals surface area contributed by atoms with Crippen LogP contribution in [0.2, 0.25) is 0 Å². The quantitative estimate of drug-likeness (QED) is 0.660. The summed E-state index contributed by atoms with van der Waals surface area (Å²) in [6.07, 6.45) is 5.06. The van der Waals surface area contributed by atoms with Crippen molar-refractivity contribution in [3.8, 4) is 0 Å². The van der Waals surface area contributed by atoms with Crippen molar-refractivity contribution in [2.45, 2.75) is 24.5 Å². The van der Waals surface area contributed by atoms with Gasteiger partial charge in [-0.3, -0.25) is 4.79 Å². The van der Waals surface area contributed by atoms with Gasteiger partial charge in [0, 0.05) is 18.3 Å². The third-order valence-corrected chi connectivity index (χ3v) is 3.48. The fourth-order valence-corrected chi connectivity index (χ4v) is 2.35. The second kappa shape index (κ2) is 5.24. The lowest BCUT2D eigenvalue weighted by molar-refractivity contribution is -0.155. The van der Waals surface area contributed by atoms with E-state index in [-0.39, 0.29) is 0 Å². The largest absolute Gasteiger partial charge is 0.474 e. The Labute approximate surface area is 87.7 Å². The lowest BCUT2D eigenvalue weighted by Crippen LogP contribution is -2.39. The van der Waals surface area contributed by atoms with Gasteiger partial charge in [0.1, 0.15) is 0 Å². The highest BCUT2D eigenvalue weighted by molar-refractivity contribution is 7.99. The van der Waals surface area contributed by atoms with E-state index < -0.39 is 11.9 Å². The second-order valence-corrected chi connectivity index (χ2v) is 4.55. The number of carboxylic acid groups (broad SMARTS) is 1. The molecule has 1 N–H and O–H groups in total. The van der Waals surface area contributed by atoms with E-state index in [0.717, 1.165) is 19.3 Å². The number of carboxylic acids is 1. The summed E-state index contributed by atoms with van der Waals surface area (Å²) in [6, 6.07) is 0. The standard InChI is InChI=1S/C9H15NO3S/c1-14-7-4-2-3-5-10(6-7)8(11)9(12)13/h7H,2-6H2,1H3,(H,12,13). The molecular weight excluding hydrogens is 202 g/mol. The van der Waals surface area contributed by atoms with Crippen LogP contribution in [0.25, 0.3) is 0 Å². The summed E-state index contributed by atoms with van der Waals surface area (Å²) in [5.74, 6) is -2.10. The number of hydrogen-bond donors (Lipinski definition) is 1. The van der Waals surface area contributed by atoms with Crippen LogP contribution >= 0.6 is 11.8 Å². The Morgan fingerprint density at radius 2 is 2.14 bits per heavy atom. The maximum atomic E-state index is 11.2. The first-order valence-electron chi connectivity index (χ1n) is 4.70. The summed E-state index contributed by atoms with van der Waals surface area (Å²) in [7, 11) is 0. The van der Waals surface area contributed by atoms with Crippen LogP contribution in [0.1, 0.15) is 19.3 Å².